The normalized spacial score (nSPS) is 23.7. The Hall–Kier alpha value is -1.02. The maximum atomic E-state index is 13.7. The molecule has 1 aromatic rings. The molecule has 131 valence electrons. The molecule has 10 heteroatoms. The van der Waals surface area contributed by atoms with Gasteiger partial charge in [-0.05, 0) is 19.4 Å². The molecular formula is C13H8F8IrN-. The van der Waals surface area contributed by atoms with Crippen LogP contribution in [-0.4, -0.2) is 28.7 Å². The molecule has 0 unspecified atom stereocenters. The van der Waals surface area contributed by atoms with Crippen molar-refractivity contribution in [3.8, 4) is 0 Å². The van der Waals surface area contributed by atoms with Crippen molar-refractivity contribution in [2.24, 2.45) is 0 Å². The minimum absolute atomic E-state index is 0. The molecule has 1 nitrogen and oxygen atoms in total. The quantitative estimate of drug-likeness (QED) is 0.393. The van der Waals surface area contributed by atoms with Crippen LogP contribution in [0, 0.1) is 19.9 Å². The second kappa shape index (κ2) is 5.51. The number of alkyl halides is 8. The Morgan fingerprint density at radius 1 is 0.870 bits per heavy atom. The van der Waals surface area contributed by atoms with Gasteiger partial charge in [0.2, 0.25) is 0 Å². The molecule has 0 amide bonds. The molecule has 2 rings (SSSR count). The first-order chi connectivity index (χ1) is 9.75. The monoisotopic (exact) mass is 523 g/mol. The molecule has 0 bridgehead atoms. The van der Waals surface area contributed by atoms with Gasteiger partial charge in [0.05, 0.1) is 0 Å². The van der Waals surface area contributed by atoms with Crippen molar-refractivity contribution in [2.45, 2.75) is 37.5 Å². The smallest absolute Gasteiger partial charge is 0.350 e. The molecule has 1 heterocycles. The molecule has 0 fully saturated rings. The minimum Gasteiger partial charge on any atom is -0.350 e. The summed E-state index contributed by atoms with van der Waals surface area (Å²) in [6.07, 6.45) is 1.52. The van der Waals surface area contributed by atoms with Crippen LogP contribution in [0.5, 0.6) is 0 Å². The number of pyridine rings is 1. The maximum absolute atomic E-state index is 13.7. The summed E-state index contributed by atoms with van der Waals surface area (Å²) >= 11 is 0. The molecule has 0 saturated heterocycles. The van der Waals surface area contributed by atoms with Crippen molar-refractivity contribution in [2.75, 3.05) is 0 Å². The fraction of sp³-hybridized carbons (Fsp3) is 0.462. The van der Waals surface area contributed by atoms with Crippen molar-refractivity contribution in [1.82, 2.24) is 4.98 Å². The molecule has 0 spiro atoms. The van der Waals surface area contributed by atoms with E-state index in [1.165, 1.54) is 13.8 Å². The van der Waals surface area contributed by atoms with Crippen LogP contribution in [0.4, 0.5) is 35.1 Å². The third-order valence-corrected chi connectivity index (χ3v) is 3.41. The van der Waals surface area contributed by atoms with Gasteiger partial charge in [0.1, 0.15) is 0 Å². The molecule has 0 atom stereocenters. The van der Waals surface area contributed by atoms with Gasteiger partial charge >= 0.3 is 17.8 Å². The van der Waals surface area contributed by atoms with E-state index in [1.54, 1.807) is 0 Å². The van der Waals surface area contributed by atoms with Gasteiger partial charge < -0.3 is 4.98 Å². The Bertz CT molecular complexity index is 653. The molecular weight excluding hydrogens is 514 g/mol. The predicted molar refractivity (Wildman–Crippen MR) is 60.1 cm³/mol. The Morgan fingerprint density at radius 2 is 1.39 bits per heavy atom. The van der Waals surface area contributed by atoms with Gasteiger partial charge in [0.15, 0.2) is 0 Å². The first-order valence-corrected chi connectivity index (χ1v) is 5.86. The summed E-state index contributed by atoms with van der Waals surface area (Å²) in [5.41, 5.74) is -2.23. The first-order valence-electron chi connectivity index (χ1n) is 5.86. The molecule has 0 saturated carbocycles. The van der Waals surface area contributed by atoms with Gasteiger partial charge in [-0.3, -0.25) is 0 Å². The summed E-state index contributed by atoms with van der Waals surface area (Å²) < 4.78 is 106. The number of aromatic nitrogens is 1. The van der Waals surface area contributed by atoms with Crippen LogP contribution in [0.3, 0.4) is 0 Å². The number of hydrogen-bond donors (Lipinski definition) is 0. The fourth-order valence-corrected chi connectivity index (χ4v) is 1.85. The van der Waals surface area contributed by atoms with Crippen molar-refractivity contribution < 1.29 is 55.2 Å². The summed E-state index contributed by atoms with van der Waals surface area (Å²) in [5, 5.41) is 0. The van der Waals surface area contributed by atoms with Gasteiger partial charge in [0, 0.05) is 26.3 Å². The van der Waals surface area contributed by atoms with E-state index in [4.69, 9.17) is 0 Å². The zero-order valence-corrected chi connectivity index (χ0v) is 13.9. The Kier molecular flexibility index (Phi) is 4.80. The van der Waals surface area contributed by atoms with Gasteiger partial charge in [-0.2, -0.15) is 32.4 Å². The minimum atomic E-state index is -6.29. The summed E-state index contributed by atoms with van der Waals surface area (Å²) in [7, 11) is 0. The summed E-state index contributed by atoms with van der Waals surface area (Å²) in [5.74, 6) is -23.7. The second-order valence-electron chi connectivity index (χ2n) is 4.95. The van der Waals surface area contributed by atoms with E-state index in [-0.39, 0.29) is 20.1 Å². The first kappa shape index (κ1) is 20.0. The molecule has 1 aromatic heterocycles. The van der Waals surface area contributed by atoms with E-state index in [2.05, 4.69) is 4.98 Å². The van der Waals surface area contributed by atoms with E-state index in [9.17, 15) is 35.1 Å². The molecule has 0 aliphatic heterocycles. The number of halogens is 8. The summed E-state index contributed by atoms with van der Waals surface area (Å²) in [4.78, 5) is 3.35. The van der Waals surface area contributed by atoms with E-state index in [0.717, 1.165) is 12.3 Å². The van der Waals surface area contributed by atoms with Crippen LogP contribution in [0.1, 0.15) is 16.8 Å². The third-order valence-electron chi connectivity index (χ3n) is 3.41. The van der Waals surface area contributed by atoms with Crippen LogP contribution in [0.25, 0.3) is 5.57 Å². The molecule has 23 heavy (non-hydrogen) atoms. The number of allylic oxidation sites excluding steroid dienone is 2. The van der Waals surface area contributed by atoms with Crippen molar-refractivity contribution in [3.63, 3.8) is 0 Å². The number of nitrogens with zero attached hydrogens (tertiary/aromatic N) is 1. The van der Waals surface area contributed by atoms with E-state index >= 15 is 0 Å². The summed E-state index contributed by atoms with van der Waals surface area (Å²) in [6, 6.07) is 0.835. The average Bonchev–Trinajstić information content (AvgIpc) is 2.37. The second-order valence-corrected chi connectivity index (χ2v) is 4.95. The van der Waals surface area contributed by atoms with Crippen LogP contribution in [0.15, 0.2) is 12.3 Å². The summed E-state index contributed by atoms with van der Waals surface area (Å²) in [6.45, 7) is 2.91. The number of hydrogen-bond acceptors (Lipinski definition) is 1. The Balaban J connectivity index is 0.00000264. The Morgan fingerprint density at radius 3 is 1.87 bits per heavy atom. The van der Waals surface area contributed by atoms with Crippen LogP contribution >= 0.6 is 0 Å². The van der Waals surface area contributed by atoms with Crippen LogP contribution < -0.4 is 0 Å². The van der Waals surface area contributed by atoms with E-state index < -0.39 is 35.0 Å². The van der Waals surface area contributed by atoms with Crippen molar-refractivity contribution >= 4 is 5.57 Å². The van der Waals surface area contributed by atoms with E-state index in [1.807, 2.05) is 0 Å². The molecule has 1 aliphatic carbocycles. The molecule has 1 radical (unpaired) electrons. The zero-order valence-electron chi connectivity index (χ0n) is 11.5. The molecule has 1 aliphatic rings. The molecule has 0 aromatic carbocycles. The largest absolute Gasteiger partial charge is 0.378 e. The number of aryl methyl sites for hydroxylation is 2. The van der Waals surface area contributed by atoms with Gasteiger partial charge in [0.25, 0.3) is 5.92 Å². The predicted octanol–water partition coefficient (Wildman–Crippen LogP) is 4.44. The zero-order chi connectivity index (χ0) is 17.1. The Labute approximate surface area is 139 Å². The fourth-order valence-electron chi connectivity index (χ4n) is 1.85. The van der Waals surface area contributed by atoms with Crippen molar-refractivity contribution in [1.29, 1.82) is 0 Å². The van der Waals surface area contributed by atoms with Crippen molar-refractivity contribution in [3.05, 3.63) is 35.2 Å². The van der Waals surface area contributed by atoms with Crippen LogP contribution in [-0.2, 0) is 20.1 Å². The third kappa shape index (κ3) is 2.59. The van der Waals surface area contributed by atoms with Gasteiger partial charge in [-0.1, -0.05) is 11.3 Å². The maximum Gasteiger partial charge on any atom is 0.378 e. The number of rotatable bonds is 1. The van der Waals surface area contributed by atoms with E-state index in [0.29, 0.717) is 17.2 Å². The van der Waals surface area contributed by atoms with Gasteiger partial charge in [-0.15, -0.1) is 11.6 Å². The van der Waals surface area contributed by atoms with Crippen LogP contribution in [0.2, 0.25) is 0 Å². The SMILES string of the molecule is Cc1cnc(C2=[C-]C(F)(F)C(F)(F)C(F)(F)C2(F)F)cc1C.[Ir]. The molecule has 0 N–H and O–H groups in total. The topological polar surface area (TPSA) is 12.9 Å². The van der Waals surface area contributed by atoms with Gasteiger partial charge in [-0.25, -0.2) is 8.78 Å². The average molecular weight is 522 g/mol. The standard InChI is InChI=1S/C13H8F8N.Ir/c1-6-3-9(22-5-7(6)2)8-4-10(14,15)12(18,19)13(20,21)11(8,16)17;/h3,5H,1-2H3;/q-1;.